The Balaban J connectivity index is 2.67. The molecule has 2 heteroatoms. The lowest BCUT2D eigenvalue weighted by Crippen LogP contribution is -2.49. The first kappa shape index (κ1) is 8.28. The molecule has 0 saturated carbocycles. The first-order chi connectivity index (χ1) is 4.46. The van der Waals surface area contributed by atoms with Gasteiger partial charge in [0.15, 0.2) is 0 Å². The average molecular weight is 158 g/mol. The molecule has 1 heterocycles. The Bertz CT molecular complexity index is 120. The number of hydrogen-bond acceptors (Lipinski definition) is 1. The van der Waals surface area contributed by atoms with Crippen LogP contribution in [-0.2, 0) is 4.74 Å². The van der Waals surface area contributed by atoms with Crippen LogP contribution in [0.2, 0.25) is 19.6 Å². The normalized spacial score (nSPS) is 34.8. The van der Waals surface area contributed by atoms with E-state index in [4.69, 9.17) is 4.74 Å². The van der Waals surface area contributed by atoms with E-state index in [1.54, 1.807) is 0 Å². The molecule has 0 bridgehead atoms. The van der Waals surface area contributed by atoms with Gasteiger partial charge in [-0.2, -0.15) is 0 Å². The van der Waals surface area contributed by atoms with Crippen LogP contribution in [0.15, 0.2) is 0 Å². The molecule has 1 fully saturated rings. The van der Waals surface area contributed by atoms with Gasteiger partial charge in [-0.25, -0.2) is 0 Å². The highest BCUT2D eigenvalue weighted by atomic mass is 28.3. The topological polar surface area (TPSA) is 9.23 Å². The van der Waals surface area contributed by atoms with E-state index in [1.807, 2.05) is 0 Å². The molecule has 0 spiro atoms. The highest BCUT2D eigenvalue weighted by Gasteiger charge is 2.42. The zero-order valence-electron chi connectivity index (χ0n) is 7.53. The van der Waals surface area contributed by atoms with Crippen molar-refractivity contribution in [2.24, 2.45) is 0 Å². The monoisotopic (exact) mass is 158 g/mol. The van der Waals surface area contributed by atoms with Crippen molar-refractivity contribution in [3.05, 3.63) is 0 Å². The largest absolute Gasteiger partial charge is 0.379 e. The van der Waals surface area contributed by atoms with Crippen LogP contribution in [0.4, 0.5) is 0 Å². The highest BCUT2D eigenvalue weighted by Crippen LogP contribution is 2.33. The molecule has 0 N–H and O–H groups in total. The van der Waals surface area contributed by atoms with Crippen LogP contribution in [0.3, 0.4) is 0 Å². The quantitative estimate of drug-likeness (QED) is 0.533. The maximum Gasteiger partial charge on any atom is 0.0820 e. The van der Waals surface area contributed by atoms with Crippen LogP contribution in [0.25, 0.3) is 0 Å². The van der Waals surface area contributed by atoms with Gasteiger partial charge in [0.1, 0.15) is 0 Å². The molecule has 1 saturated heterocycles. The van der Waals surface area contributed by atoms with Gasteiger partial charge >= 0.3 is 0 Å². The smallest absolute Gasteiger partial charge is 0.0820 e. The standard InChI is InChI=1S/C8H18OSi/c1-8(10(2,3)4)6-5-7-9-8/h5-7H2,1-4H3. The van der Waals surface area contributed by atoms with Crippen LogP contribution in [0.5, 0.6) is 0 Å². The second-order valence-electron chi connectivity index (χ2n) is 4.43. The van der Waals surface area contributed by atoms with Crippen LogP contribution in [-0.4, -0.2) is 19.9 Å². The minimum atomic E-state index is -1.07. The fourth-order valence-electron chi connectivity index (χ4n) is 1.37. The van der Waals surface area contributed by atoms with Crippen LogP contribution in [0.1, 0.15) is 19.8 Å². The van der Waals surface area contributed by atoms with Gasteiger partial charge in [-0.15, -0.1) is 0 Å². The maximum atomic E-state index is 5.77. The summed E-state index contributed by atoms with van der Waals surface area (Å²) in [7, 11) is -1.07. The minimum absolute atomic E-state index is 0.271. The van der Waals surface area contributed by atoms with Gasteiger partial charge < -0.3 is 4.74 Å². The molecule has 1 aliphatic heterocycles. The first-order valence-electron chi connectivity index (χ1n) is 4.10. The van der Waals surface area contributed by atoms with Crippen molar-refractivity contribution >= 4 is 8.07 Å². The Morgan fingerprint density at radius 2 is 1.90 bits per heavy atom. The molecule has 1 aliphatic rings. The summed E-state index contributed by atoms with van der Waals surface area (Å²) in [6.07, 6.45) is 2.55. The van der Waals surface area contributed by atoms with E-state index in [2.05, 4.69) is 26.6 Å². The summed E-state index contributed by atoms with van der Waals surface area (Å²) >= 11 is 0. The van der Waals surface area contributed by atoms with Gasteiger partial charge in [0.2, 0.25) is 0 Å². The highest BCUT2D eigenvalue weighted by molar-refractivity contribution is 6.78. The summed E-state index contributed by atoms with van der Waals surface area (Å²) in [6.45, 7) is 10.4. The van der Waals surface area contributed by atoms with E-state index in [9.17, 15) is 0 Å². The average Bonchev–Trinajstić information content (AvgIpc) is 2.13. The lowest BCUT2D eigenvalue weighted by atomic mass is 10.2. The molecule has 1 rings (SSSR count). The van der Waals surface area contributed by atoms with Crippen molar-refractivity contribution in [1.82, 2.24) is 0 Å². The zero-order valence-corrected chi connectivity index (χ0v) is 8.53. The van der Waals surface area contributed by atoms with Crippen molar-refractivity contribution in [3.8, 4) is 0 Å². The van der Waals surface area contributed by atoms with Crippen molar-refractivity contribution in [2.75, 3.05) is 6.61 Å². The van der Waals surface area contributed by atoms with E-state index in [-0.39, 0.29) is 5.22 Å². The van der Waals surface area contributed by atoms with Gasteiger partial charge in [-0.05, 0) is 19.8 Å². The van der Waals surface area contributed by atoms with E-state index in [0.29, 0.717) is 0 Å². The summed E-state index contributed by atoms with van der Waals surface area (Å²) in [6, 6.07) is 0. The Labute approximate surface area is 64.8 Å². The second-order valence-corrected chi connectivity index (χ2v) is 9.99. The molecule has 0 aliphatic carbocycles. The van der Waals surface area contributed by atoms with Gasteiger partial charge in [0.25, 0.3) is 0 Å². The maximum absolute atomic E-state index is 5.77. The number of ether oxygens (including phenoxy) is 1. The molecule has 0 aromatic heterocycles. The van der Waals surface area contributed by atoms with E-state index < -0.39 is 8.07 Å². The molecule has 0 radical (unpaired) electrons. The third kappa shape index (κ3) is 1.27. The summed E-state index contributed by atoms with van der Waals surface area (Å²) in [5.74, 6) is 0. The summed E-state index contributed by atoms with van der Waals surface area (Å²) in [5.41, 5.74) is 0. The van der Waals surface area contributed by atoms with Crippen molar-refractivity contribution in [1.29, 1.82) is 0 Å². The molecular weight excluding hydrogens is 140 g/mol. The lowest BCUT2D eigenvalue weighted by molar-refractivity contribution is 0.0801. The first-order valence-corrected chi connectivity index (χ1v) is 7.60. The minimum Gasteiger partial charge on any atom is -0.379 e. The Morgan fingerprint density at radius 3 is 2.10 bits per heavy atom. The molecule has 0 aromatic rings. The third-order valence-electron chi connectivity index (χ3n) is 2.81. The molecule has 60 valence electrons. The molecule has 1 unspecified atom stereocenters. The molecule has 1 atom stereocenters. The van der Waals surface area contributed by atoms with Crippen molar-refractivity contribution in [2.45, 2.75) is 44.6 Å². The summed E-state index contributed by atoms with van der Waals surface area (Å²) in [4.78, 5) is 0. The molecule has 0 amide bonds. The third-order valence-corrected chi connectivity index (χ3v) is 6.37. The van der Waals surface area contributed by atoms with Crippen LogP contribution < -0.4 is 0 Å². The fraction of sp³-hybridized carbons (Fsp3) is 1.00. The summed E-state index contributed by atoms with van der Waals surface area (Å²) < 4.78 is 5.77. The van der Waals surface area contributed by atoms with Crippen LogP contribution in [0, 0.1) is 0 Å². The van der Waals surface area contributed by atoms with Gasteiger partial charge in [-0.3, -0.25) is 0 Å². The van der Waals surface area contributed by atoms with E-state index >= 15 is 0 Å². The number of hydrogen-bond donors (Lipinski definition) is 0. The predicted octanol–water partition coefficient (Wildman–Crippen LogP) is 2.43. The fourth-order valence-corrected chi connectivity index (χ4v) is 2.83. The predicted molar refractivity (Wildman–Crippen MR) is 46.9 cm³/mol. The Hall–Kier alpha value is 0.177. The Morgan fingerprint density at radius 1 is 1.30 bits per heavy atom. The summed E-state index contributed by atoms with van der Waals surface area (Å²) in [5, 5.41) is 0.271. The molecule has 0 aromatic carbocycles. The second kappa shape index (κ2) is 2.34. The van der Waals surface area contributed by atoms with Crippen molar-refractivity contribution in [3.63, 3.8) is 0 Å². The molecular formula is C8H18OSi. The van der Waals surface area contributed by atoms with E-state index in [0.717, 1.165) is 6.61 Å². The van der Waals surface area contributed by atoms with Crippen molar-refractivity contribution < 1.29 is 4.74 Å². The zero-order chi connectivity index (χ0) is 7.83. The Kier molecular flexibility index (Phi) is 1.94. The van der Waals surface area contributed by atoms with Gasteiger partial charge in [0, 0.05) is 6.61 Å². The lowest BCUT2D eigenvalue weighted by Gasteiger charge is -2.35. The van der Waals surface area contributed by atoms with Gasteiger partial charge in [0.05, 0.1) is 13.3 Å². The number of rotatable bonds is 1. The molecule has 10 heavy (non-hydrogen) atoms. The SMILES string of the molecule is CC1([Si](C)(C)C)CCCO1. The van der Waals surface area contributed by atoms with E-state index in [1.165, 1.54) is 12.8 Å². The molecule has 1 nitrogen and oxygen atoms in total. The van der Waals surface area contributed by atoms with Crippen LogP contribution >= 0.6 is 0 Å². The van der Waals surface area contributed by atoms with Gasteiger partial charge in [-0.1, -0.05) is 19.6 Å².